The Balaban J connectivity index is 3.07. The van der Waals surface area contributed by atoms with Crippen LogP contribution in [0.1, 0.15) is 12.5 Å². The van der Waals surface area contributed by atoms with Crippen LogP contribution in [0.3, 0.4) is 0 Å². The van der Waals surface area contributed by atoms with Gasteiger partial charge in [-0.15, -0.1) is 0 Å². The molecule has 1 N–H and O–H groups in total. The Morgan fingerprint density at radius 1 is 1.40 bits per heavy atom. The summed E-state index contributed by atoms with van der Waals surface area (Å²) in [5.41, 5.74) is -0.327. The molecule has 0 radical (unpaired) electrons. The van der Waals surface area contributed by atoms with E-state index in [-0.39, 0.29) is 17.0 Å². The van der Waals surface area contributed by atoms with Crippen LogP contribution < -0.4 is 5.32 Å². The molecule has 1 aromatic carbocycles. The van der Waals surface area contributed by atoms with Crippen LogP contribution >= 0.6 is 0 Å². The fourth-order valence-corrected chi connectivity index (χ4v) is 1.81. The summed E-state index contributed by atoms with van der Waals surface area (Å²) < 4.78 is 64.3. The van der Waals surface area contributed by atoms with E-state index in [0.717, 1.165) is 18.2 Å². The Hall–Kier alpha value is -1.61. The van der Waals surface area contributed by atoms with Gasteiger partial charge in [-0.1, -0.05) is 4.40 Å². The molecule has 20 heavy (non-hydrogen) atoms. The number of nitrogens with one attached hydrogen (secondary N) is 1. The third kappa shape index (κ3) is 4.49. The molecule has 0 aliphatic carbocycles. The van der Waals surface area contributed by atoms with E-state index in [4.69, 9.17) is 0 Å². The van der Waals surface area contributed by atoms with Crippen LogP contribution in [0.5, 0.6) is 0 Å². The van der Waals surface area contributed by atoms with E-state index in [1.165, 1.54) is 13.2 Å². The van der Waals surface area contributed by atoms with Gasteiger partial charge in [-0.25, -0.2) is 4.39 Å². The number of carbonyl (C=O) groups excluding carboxylic acids is 1. The first kappa shape index (κ1) is 16.4. The van der Waals surface area contributed by atoms with Crippen LogP contribution in [0.4, 0.5) is 23.2 Å². The average molecular weight is 310 g/mol. The summed E-state index contributed by atoms with van der Waals surface area (Å²) in [7, 11) is 0. The summed E-state index contributed by atoms with van der Waals surface area (Å²) in [4.78, 5) is 10.8. The molecule has 0 spiro atoms. The molecule has 1 aromatic rings. The second-order valence-electron chi connectivity index (χ2n) is 3.75. The van der Waals surface area contributed by atoms with Crippen LogP contribution in [-0.4, -0.2) is 28.6 Å². The van der Waals surface area contributed by atoms with E-state index in [1.807, 2.05) is 0 Å². The number of hydrogen-bond acceptors (Lipinski definition) is 3. The van der Waals surface area contributed by atoms with Gasteiger partial charge in [-0.2, -0.15) is 13.2 Å². The van der Waals surface area contributed by atoms with Crippen molar-refractivity contribution in [2.45, 2.75) is 13.1 Å². The molecule has 0 saturated carbocycles. The molecule has 1 atom stereocenters. The molecule has 0 unspecified atom stereocenters. The standard InChI is InChI=1S/C11H10F4N2O2S/c1-6(17-20(2)19)8-5-7(3-4-9(8)12)16-10(18)11(13,14)15/h3-5H,1-2H3,(H,16,18)/b17-6+/t20-/m1/s1. The minimum absolute atomic E-state index is 0.0476. The normalized spacial score (nSPS) is 14.1. The van der Waals surface area contributed by atoms with Gasteiger partial charge in [0.25, 0.3) is 0 Å². The van der Waals surface area contributed by atoms with Gasteiger partial charge >= 0.3 is 12.1 Å². The molecule has 1 rings (SSSR count). The van der Waals surface area contributed by atoms with Crippen molar-refractivity contribution in [1.82, 2.24) is 0 Å². The van der Waals surface area contributed by atoms with Gasteiger partial charge in [0.15, 0.2) is 0 Å². The number of benzene rings is 1. The number of amides is 1. The maximum atomic E-state index is 13.5. The van der Waals surface area contributed by atoms with E-state index in [1.54, 1.807) is 5.32 Å². The van der Waals surface area contributed by atoms with E-state index in [9.17, 15) is 26.9 Å². The monoisotopic (exact) mass is 310 g/mol. The first-order chi connectivity index (χ1) is 9.11. The van der Waals surface area contributed by atoms with Crippen molar-refractivity contribution >= 4 is 28.7 Å². The van der Waals surface area contributed by atoms with Gasteiger partial charge in [-0.3, -0.25) is 4.79 Å². The highest BCUT2D eigenvalue weighted by Gasteiger charge is 2.38. The molecule has 4 nitrogen and oxygen atoms in total. The number of halogens is 4. The number of anilines is 1. The van der Waals surface area contributed by atoms with Crippen molar-refractivity contribution in [3.05, 3.63) is 29.6 Å². The maximum absolute atomic E-state index is 13.5. The molecule has 9 heteroatoms. The minimum Gasteiger partial charge on any atom is -0.592 e. The third-order valence-corrected chi connectivity index (χ3v) is 2.67. The number of rotatable bonds is 3. The van der Waals surface area contributed by atoms with Gasteiger partial charge in [-0.05, 0) is 25.1 Å². The predicted molar refractivity (Wildman–Crippen MR) is 67.4 cm³/mol. The lowest BCUT2D eigenvalue weighted by molar-refractivity contribution is -0.167. The first-order valence-electron chi connectivity index (χ1n) is 5.18. The molecular weight excluding hydrogens is 300 g/mol. The van der Waals surface area contributed by atoms with Gasteiger partial charge in [0.1, 0.15) is 12.1 Å². The fraction of sp³-hybridized carbons (Fsp3) is 0.273. The van der Waals surface area contributed by atoms with Crippen molar-refractivity contribution in [3.8, 4) is 0 Å². The summed E-state index contributed by atoms with van der Waals surface area (Å²) in [5.74, 6) is -2.91. The summed E-state index contributed by atoms with van der Waals surface area (Å²) in [6.45, 7) is 1.36. The van der Waals surface area contributed by atoms with Gasteiger partial charge in [0.2, 0.25) is 0 Å². The van der Waals surface area contributed by atoms with Crippen LogP contribution in [-0.2, 0) is 16.2 Å². The number of hydrogen-bond donors (Lipinski definition) is 1. The first-order valence-corrected chi connectivity index (χ1v) is 6.69. The fourth-order valence-electron chi connectivity index (χ4n) is 1.32. The highest BCUT2D eigenvalue weighted by atomic mass is 32.2. The quantitative estimate of drug-likeness (QED) is 0.529. The Labute approximate surface area is 115 Å². The average Bonchev–Trinajstić information content (AvgIpc) is 2.29. The van der Waals surface area contributed by atoms with Crippen molar-refractivity contribution in [2.24, 2.45) is 4.40 Å². The molecular formula is C11H10F4N2O2S. The van der Waals surface area contributed by atoms with Gasteiger partial charge in [0, 0.05) is 11.3 Å². The molecule has 0 aromatic heterocycles. The molecule has 0 heterocycles. The highest BCUT2D eigenvalue weighted by Crippen LogP contribution is 2.20. The van der Waals surface area contributed by atoms with E-state index < -0.39 is 29.3 Å². The largest absolute Gasteiger partial charge is 0.592 e. The molecule has 1 amide bonds. The molecule has 0 aliphatic heterocycles. The Morgan fingerprint density at radius 2 is 2.00 bits per heavy atom. The summed E-state index contributed by atoms with van der Waals surface area (Å²) >= 11 is -1.58. The minimum atomic E-state index is -5.04. The van der Waals surface area contributed by atoms with Crippen molar-refractivity contribution in [2.75, 3.05) is 11.6 Å². The second kappa shape index (κ2) is 6.23. The van der Waals surface area contributed by atoms with Crippen molar-refractivity contribution in [1.29, 1.82) is 0 Å². The third-order valence-electron chi connectivity index (χ3n) is 2.14. The SMILES string of the molecule is C/C(=N\[S@@+](C)[O-])c1cc(NC(=O)C(F)(F)F)ccc1F. The van der Waals surface area contributed by atoms with Crippen LogP contribution in [0, 0.1) is 5.82 Å². The summed E-state index contributed by atoms with van der Waals surface area (Å²) in [5, 5.41) is 1.60. The molecule has 0 saturated heterocycles. The van der Waals surface area contributed by atoms with Gasteiger partial charge in [0.05, 0.1) is 17.1 Å². The smallest absolute Gasteiger partial charge is 0.471 e. The zero-order valence-corrected chi connectivity index (χ0v) is 11.2. The molecule has 110 valence electrons. The van der Waals surface area contributed by atoms with Gasteiger partial charge < -0.3 is 9.87 Å². The molecule has 0 bridgehead atoms. The number of alkyl halides is 3. The highest BCUT2D eigenvalue weighted by molar-refractivity contribution is 7.89. The summed E-state index contributed by atoms with van der Waals surface area (Å²) in [6, 6.07) is 2.86. The van der Waals surface area contributed by atoms with Crippen molar-refractivity contribution in [3.63, 3.8) is 0 Å². The lowest BCUT2D eigenvalue weighted by Crippen LogP contribution is -2.30. The van der Waals surface area contributed by atoms with E-state index in [2.05, 4.69) is 4.40 Å². The summed E-state index contributed by atoms with van der Waals surface area (Å²) in [6.07, 6.45) is -3.78. The molecule has 0 fully saturated rings. The maximum Gasteiger partial charge on any atom is 0.471 e. The second-order valence-corrected chi connectivity index (χ2v) is 4.78. The van der Waals surface area contributed by atoms with Crippen LogP contribution in [0.25, 0.3) is 0 Å². The van der Waals surface area contributed by atoms with E-state index in [0.29, 0.717) is 0 Å². The Kier molecular flexibility index (Phi) is 5.12. The van der Waals surface area contributed by atoms with Crippen LogP contribution in [0.2, 0.25) is 0 Å². The van der Waals surface area contributed by atoms with Crippen LogP contribution in [0.15, 0.2) is 22.6 Å². The lowest BCUT2D eigenvalue weighted by Gasteiger charge is -2.10. The van der Waals surface area contributed by atoms with E-state index >= 15 is 0 Å². The Bertz CT molecular complexity index is 544. The van der Waals surface area contributed by atoms with Crippen molar-refractivity contribution < 1.29 is 26.9 Å². The predicted octanol–water partition coefficient (Wildman–Crippen LogP) is 2.43. The number of carbonyl (C=O) groups is 1. The lowest BCUT2D eigenvalue weighted by atomic mass is 10.1. The topological polar surface area (TPSA) is 64.5 Å². The number of nitrogens with zero attached hydrogens (tertiary/aromatic N) is 1. The molecule has 0 aliphatic rings. The zero-order valence-electron chi connectivity index (χ0n) is 10.4. The Morgan fingerprint density at radius 3 is 2.50 bits per heavy atom. The zero-order chi connectivity index (χ0) is 15.5.